The number of hydrogen-bond donors (Lipinski definition) is 5. The molecule has 5 atom stereocenters. The van der Waals surface area contributed by atoms with Gasteiger partial charge in [-0.05, 0) is 86.3 Å². The maximum absolute atomic E-state index is 14.7. The third kappa shape index (κ3) is 29.2. The highest BCUT2D eigenvalue weighted by molar-refractivity contribution is 5.95. The molecule has 0 radical (unpaired) electrons. The monoisotopic (exact) mass is 1300 g/mol. The third-order valence-electron chi connectivity index (χ3n) is 14.1. The number of esters is 6. The SMILES string of the molecule is CC(C)(C)OC(=O)NC(CCC(=O)NC(CCC(=O)OCc1ccccc1)C(=O)NC(CCC(=O)OCc1ccccc1)C(=O)OCc1ccccc1)C(=O)NC(CCC(=O)OCc1ccccc1)C(=O)NC(CCC(=O)OCc1ccccc1)C(=O)OCc1ccccc1. The van der Waals surface area contributed by atoms with E-state index < -0.39 is 140 Å². The van der Waals surface area contributed by atoms with Crippen molar-refractivity contribution in [3.05, 3.63) is 215 Å². The molecular weight excluding hydrogens is 1220 g/mol. The smallest absolute Gasteiger partial charge is 0.408 e. The van der Waals surface area contributed by atoms with Gasteiger partial charge in [0.05, 0.1) is 0 Å². The molecule has 6 aromatic rings. The zero-order valence-electron chi connectivity index (χ0n) is 53.4. The van der Waals surface area contributed by atoms with Crippen LogP contribution < -0.4 is 26.6 Å². The van der Waals surface area contributed by atoms with Gasteiger partial charge in [0.1, 0.15) is 75.5 Å². The number of rotatable bonds is 37. The Hall–Kier alpha value is -10.7. The number of amides is 5. The number of carbonyl (C=O) groups excluding carboxylic acids is 11. The van der Waals surface area contributed by atoms with Crippen molar-refractivity contribution in [3.63, 3.8) is 0 Å². The van der Waals surface area contributed by atoms with Gasteiger partial charge in [0, 0.05) is 32.1 Å². The van der Waals surface area contributed by atoms with E-state index in [-0.39, 0.29) is 65.3 Å². The van der Waals surface area contributed by atoms with Crippen LogP contribution in [-0.4, -0.2) is 101 Å². The van der Waals surface area contributed by atoms with Gasteiger partial charge in [-0.15, -0.1) is 0 Å². The van der Waals surface area contributed by atoms with Crippen LogP contribution in [0.3, 0.4) is 0 Å². The van der Waals surface area contributed by atoms with E-state index in [1.165, 1.54) is 0 Å². The molecule has 0 spiro atoms. The van der Waals surface area contributed by atoms with Crippen LogP contribution in [0, 0.1) is 0 Å². The van der Waals surface area contributed by atoms with Crippen molar-refractivity contribution in [2.24, 2.45) is 0 Å². The second kappa shape index (κ2) is 39.6. The summed E-state index contributed by atoms with van der Waals surface area (Å²) in [5.41, 5.74) is 2.86. The lowest BCUT2D eigenvalue weighted by atomic mass is 10.0. The van der Waals surface area contributed by atoms with Crippen molar-refractivity contribution in [2.75, 3.05) is 0 Å². The Morgan fingerprint density at radius 3 is 0.811 bits per heavy atom. The number of ether oxygens (including phenoxy) is 7. The van der Waals surface area contributed by atoms with Gasteiger partial charge in [-0.25, -0.2) is 14.4 Å². The lowest BCUT2D eigenvalue weighted by Crippen LogP contribution is -2.56. The minimum Gasteiger partial charge on any atom is -0.461 e. The van der Waals surface area contributed by atoms with E-state index in [9.17, 15) is 52.7 Å². The van der Waals surface area contributed by atoms with Gasteiger partial charge >= 0.3 is 41.9 Å². The molecular formula is C72H81N5O18. The average Bonchev–Trinajstić information content (AvgIpc) is 1.17. The number of hydrogen-bond acceptors (Lipinski definition) is 18. The average molecular weight is 1300 g/mol. The second-order valence-corrected chi connectivity index (χ2v) is 23.0. The Morgan fingerprint density at radius 2 is 0.526 bits per heavy atom. The topological polar surface area (TPSA) is 313 Å². The van der Waals surface area contributed by atoms with Gasteiger partial charge in [0.25, 0.3) is 0 Å². The number of carbonyl (C=O) groups is 11. The molecule has 95 heavy (non-hydrogen) atoms. The number of nitrogens with one attached hydrogen (secondary N) is 5. The Kier molecular flexibility index (Phi) is 30.6. The second-order valence-electron chi connectivity index (χ2n) is 23.0. The third-order valence-corrected chi connectivity index (χ3v) is 14.1. The largest absolute Gasteiger partial charge is 0.461 e. The minimum atomic E-state index is -1.70. The summed E-state index contributed by atoms with van der Waals surface area (Å²) in [6.45, 7) is 3.89. The molecule has 23 heteroatoms. The van der Waals surface area contributed by atoms with E-state index >= 15 is 0 Å². The molecule has 5 unspecified atom stereocenters. The van der Waals surface area contributed by atoms with Crippen molar-refractivity contribution < 1.29 is 85.9 Å². The van der Waals surface area contributed by atoms with Crippen LogP contribution in [0.1, 0.15) is 118 Å². The molecule has 6 rings (SSSR count). The highest BCUT2D eigenvalue weighted by Gasteiger charge is 2.34. The van der Waals surface area contributed by atoms with E-state index in [1.807, 2.05) is 0 Å². The molecule has 502 valence electrons. The molecule has 0 fully saturated rings. The van der Waals surface area contributed by atoms with Crippen molar-refractivity contribution >= 4 is 65.5 Å². The Bertz CT molecular complexity index is 3430. The van der Waals surface area contributed by atoms with Gasteiger partial charge in [0.15, 0.2) is 0 Å². The predicted molar refractivity (Wildman–Crippen MR) is 344 cm³/mol. The zero-order chi connectivity index (χ0) is 68.2. The first-order valence-corrected chi connectivity index (χ1v) is 31.1. The van der Waals surface area contributed by atoms with Gasteiger partial charge in [-0.1, -0.05) is 182 Å². The van der Waals surface area contributed by atoms with E-state index in [4.69, 9.17) is 33.2 Å². The Morgan fingerprint density at radius 1 is 0.295 bits per heavy atom. The van der Waals surface area contributed by atoms with E-state index in [2.05, 4.69) is 26.6 Å². The van der Waals surface area contributed by atoms with Gasteiger partial charge in [0.2, 0.25) is 23.6 Å². The fraction of sp³-hybridized carbons (Fsp3) is 0.347. The molecule has 0 aliphatic carbocycles. The zero-order valence-corrected chi connectivity index (χ0v) is 53.4. The quantitative estimate of drug-likeness (QED) is 0.0181. The molecule has 5 N–H and O–H groups in total. The van der Waals surface area contributed by atoms with Crippen molar-refractivity contribution in [2.45, 2.75) is 160 Å². The molecule has 0 aliphatic rings. The molecule has 0 saturated heterocycles. The first-order chi connectivity index (χ1) is 45.7. The fourth-order valence-corrected chi connectivity index (χ4v) is 9.06. The van der Waals surface area contributed by atoms with Crippen molar-refractivity contribution in [3.8, 4) is 0 Å². The summed E-state index contributed by atoms with van der Waals surface area (Å²) < 4.78 is 38.5. The molecule has 6 aromatic carbocycles. The first-order valence-electron chi connectivity index (χ1n) is 31.1. The minimum absolute atomic E-state index is 0.0628. The van der Waals surface area contributed by atoms with Crippen molar-refractivity contribution in [1.82, 2.24) is 26.6 Å². The van der Waals surface area contributed by atoms with Gasteiger partial charge in [-0.2, -0.15) is 0 Å². The summed E-state index contributed by atoms with van der Waals surface area (Å²) in [5, 5.41) is 12.7. The van der Waals surface area contributed by atoms with Crippen LogP contribution in [0.5, 0.6) is 0 Å². The molecule has 0 bridgehead atoms. The summed E-state index contributed by atoms with van der Waals surface area (Å²) in [6.07, 6.45) is -5.42. The Balaban J connectivity index is 1.22. The van der Waals surface area contributed by atoms with Gasteiger partial charge < -0.3 is 59.7 Å². The fourth-order valence-electron chi connectivity index (χ4n) is 9.06. The maximum Gasteiger partial charge on any atom is 0.408 e. The van der Waals surface area contributed by atoms with E-state index in [0.29, 0.717) is 33.4 Å². The maximum atomic E-state index is 14.7. The van der Waals surface area contributed by atoms with Crippen LogP contribution in [-0.2, 0) is 121 Å². The summed E-state index contributed by atoms with van der Waals surface area (Å²) in [7, 11) is 0. The predicted octanol–water partition coefficient (Wildman–Crippen LogP) is 8.18. The summed E-state index contributed by atoms with van der Waals surface area (Å²) in [5.74, 6) is -8.80. The summed E-state index contributed by atoms with van der Waals surface area (Å²) in [6, 6.07) is 44.6. The van der Waals surface area contributed by atoms with Crippen LogP contribution in [0.2, 0.25) is 0 Å². The van der Waals surface area contributed by atoms with Gasteiger partial charge in [-0.3, -0.25) is 38.4 Å². The van der Waals surface area contributed by atoms with Crippen LogP contribution in [0.15, 0.2) is 182 Å². The lowest BCUT2D eigenvalue weighted by Gasteiger charge is -2.26. The Labute approximate surface area is 551 Å². The summed E-state index contributed by atoms with van der Waals surface area (Å²) >= 11 is 0. The standard InChI is InChI=1S/C72H81N5O18/c1-72(2,3)95-71(88)77-58(68(85)74-57(36-41-63(80)90-45-51-24-12-5-13-25-51)67(84)76-60(70(87)94-49-55-32-20-9-21-33-55)38-43-65(82)92-47-53-28-16-7-17-29-53)34-39-61(78)73-56(35-40-62(79)89-44-50-22-10-4-11-23-50)66(83)75-59(69(86)93-48-54-30-18-8-19-31-54)37-42-64(81)91-46-52-26-14-6-15-27-52/h4-33,56-60H,34-49H2,1-3H3,(H,73,78)(H,74,85)(H,75,83)(H,76,84)(H,77,88). The molecule has 0 saturated carbocycles. The molecule has 5 amide bonds. The van der Waals surface area contributed by atoms with E-state index in [1.54, 1.807) is 203 Å². The lowest BCUT2D eigenvalue weighted by molar-refractivity contribution is -0.152. The molecule has 0 aliphatic heterocycles. The van der Waals surface area contributed by atoms with Crippen molar-refractivity contribution in [1.29, 1.82) is 0 Å². The normalized spacial score (nSPS) is 12.5. The molecule has 23 nitrogen and oxygen atoms in total. The molecule has 0 heterocycles. The highest BCUT2D eigenvalue weighted by atomic mass is 16.6. The van der Waals surface area contributed by atoms with Crippen LogP contribution >= 0.6 is 0 Å². The number of benzene rings is 6. The van der Waals surface area contributed by atoms with E-state index in [0.717, 1.165) is 0 Å². The number of alkyl carbamates (subject to hydrolysis) is 1. The van der Waals surface area contributed by atoms with Crippen LogP contribution in [0.4, 0.5) is 4.79 Å². The summed E-state index contributed by atoms with van der Waals surface area (Å²) in [4.78, 5) is 152. The highest BCUT2D eigenvalue weighted by Crippen LogP contribution is 2.16. The molecule has 0 aromatic heterocycles. The first kappa shape index (κ1) is 73.3. The van der Waals surface area contributed by atoms with Crippen LogP contribution in [0.25, 0.3) is 0 Å².